The van der Waals surface area contributed by atoms with Crippen LogP contribution in [-0.4, -0.2) is 60.9 Å². The van der Waals surface area contributed by atoms with Gasteiger partial charge in [0.15, 0.2) is 5.60 Å². The molecule has 3 aliphatic heterocycles. The lowest BCUT2D eigenvalue weighted by atomic mass is 9.65. The van der Waals surface area contributed by atoms with Gasteiger partial charge in [-0.2, -0.15) is 0 Å². The third-order valence-corrected chi connectivity index (χ3v) is 7.17. The van der Waals surface area contributed by atoms with E-state index in [9.17, 15) is 9.90 Å². The number of ether oxygens (including phenoxy) is 4. The average molecular weight is 413 g/mol. The number of rotatable bonds is 13. The molecule has 0 aromatic carbocycles. The van der Waals surface area contributed by atoms with E-state index in [0.717, 1.165) is 38.7 Å². The van der Waals surface area contributed by atoms with Crippen LogP contribution in [0.2, 0.25) is 0 Å². The van der Waals surface area contributed by atoms with E-state index in [-0.39, 0.29) is 0 Å². The molecule has 3 saturated heterocycles. The van der Waals surface area contributed by atoms with Gasteiger partial charge in [0.2, 0.25) is 0 Å². The van der Waals surface area contributed by atoms with Crippen molar-refractivity contribution in [2.75, 3.05) is 33.0 Å². The highest BCUT2D eigenvalue weighted by Gasteiger charge is 2.71. The van der Waals surface area contributed by atoms with Gasteiger partial charge >= 0.3 is 5.97 Å². The van der Waals surface area contributed by atoms with Gasteiger partial charge in [0.05, 0.1) is 0 Å². The molecule has 29 heavy (non-hydrogen) atoms. The summed E-state index contributed by atoms with van der Waals surface area (Å²) in [5, 5.41) is 10.2. The first-order valence-electron chi connectivity index (χ1n) is 11.9. The van der Waals surface area contributed by atoms with E-state index < -0.39 is 22.8 Å². The maximum atomic E-state index is 12.4. The van der Waals surface area contributed by atoms with Crippen LogP contribution in [0.4, 0.5) is 0 Å². The molecule has 0 unspecified atom stereocenters. The van der Waals surface area contributed by atoms with Gasteiger partial charge in [-0.1, -0.05) is 39.0 Å². The fourth-order valence-corrected chi connectivity index (χ4v) is 5.72. The summed E-state index contributed by atoms with van der Waals surface area (Å²) < 4.78 is 24.6. The van der Waals surface area contributed by atoms with E-state index in [1.807, 2.05) is 0 Å². The Labute approximate surface area is 175 Å². The number of carboxylic acid groups (broad SMARTS) is 1. The summed E-state index contributed by atoms with van der Waals surface area (Å²) in [4.78, 5) is 12.4. The lowest BCUT2D eigenvalue weighted by Gasteiger charge is -2.52. The second-order valence-electron chi connectivity index (χ2n) is 8.94. The summed E-state index contributed by atoms with van der Waals surface area (Å²) in [6.07, 6.45) is 12.6. The van der Waals surface area contributed by atoms with Crippen molar-refractivity contribution in [2.24, 2.45) is 0 Å². The monoisotopic (exact) mass is 412 g/mol. The molecule has 3 fully saturated rings. The van der Waals surface area contributed by atoms with Crippen molar-refractivity contribution in [3.63, 3.8) is 0 Å². The molecule has 0 aromatic heterocycles. The summed E-state index contributed by atoms with van der Waals surface area (Å²) in [6, 6.07) is 0. The smallest absolute Gasteiger partial charge is 0.339 e. The van der Waals surface area contributed by atoms with E-state index in [4.69, 9.17) is 18.9 Å². The number of aliphatic carboxylic acids is 1. The number of carbonyl (C=O) groups is 1. The molecule has 0 saturated carbocycles. The van der Waals surface area contributed by atoms with E-state index >= 15 is 0 Å². The van der Waals surface area contributed by atoms with Gasteiger partial charge in [-0.3, -0.25) is 0 Å². The second-order valence-corrected chi connectivity index (χ2v) is 8.94. The summed E-state index contributed by atoms with van der Waals surface area (Å²) in [5.74, 6) is -0.903. The molecule has 1 N–H and O–H groups in total. The maximum absolute atomic E-state index is 12.4. The van der Waals surface area contributed by atoms with Crippen LogP contribution in [0, 0.1) is 0 Å². The molecule has 3 atom stereocenters. The van der Waals surface area contributed by atoms with Crippen LogP contribution >= 0.6 is 0 Å². The molecule has 0 bridgehead atoms. The minimum Gasteiger partial charge on any atom is -0.479 e. The average Bonchev–Trinajstić information content (AvgIpc) is 3.47. The quantitative estimate of drug-likeness (QED) is 0.450. The van der Waals surface area contributed by atoms with E-state index in [1.54, 1.807) is 0 Å². The third-order valence-electron chi connectivity index (χ3n) is 7.17. The first kappa shape index (κ1) is 23.0. The van der Waals surface area contributed by atoms with Crippen molar-refractivity contribution < 1.29 is 28.8 Å². The fourth-order valence-electron chi connectivity index (χ4n) is 5.72. The summed E-state index contributed by atoms with van der Waals surface area (Å²) in [6.45, 7) is 5.27. The Hall–Kier alpha value is -0.690. The van der Waals surface area contributed by atoms with Crippen molar-refractivity contribution in [1.82, 2.24) is 0 Å². The first-order valence-corrected chi connectivity index (χ1v) is 11.9. The molecule has 0 aromatic rings. The largest absolute Gasteiger partial charge is 0.479 e. The molecule has 6 heteroatoms. The standard InChI is InChI=1S/C23H40O6/c1-2-3-4-5-6-7-15-26-19-14-21(11-8-16-27-21)23(13-10-18-29-23)22(20(24)25)12-9-17-28-22/h2-19H2,1H3,(H,24,25)/t21-,22+,23-/m1/s1. The van der Waals surface area contributed by atoms with Gasteiger partial charge in [0.25, 0.3) is 0 Å². The minimum atomic E-state index is -1.30. The molecule has 3 aliphatic rings. The van der Waals surface area contributed by atoms with Crippen LogP contribution in [0.3, 0.4) is 0 Å². The van der Waals surface area contributed by atoms with Gasteiger partial charge in [-0.25, -0.2) is 4.79 Å². The fraction of sp³-hybridized carbons (Fsp3) is 0.957. The molecule has 0 amide bonds. The predicted molar refractivity (Wildman–Crippen MR) is 110 cm³/mol. The lowest BCUT2D eigenvalue weighted by Crippen LogP contribution is -2.70. The molecule has 168 valence electrons. The molecular weight excluding hydrogens is 372 g/mol. The summed E-state index contributed by atoms with van der Waals surface area (Å²) >= 11 is 0. The second kappa shape index (κ2) is 10.6. The Morgan fingerprint density at radius 2 is 1.55 bits per heavy atom. The Kier molecular flexibility index (Phi) is 8.37. The van der Waals surface area contributed by atoms with Crippen molar-refractivity contribution in [2.45, 2.75) is 107 Å². The minimum absolute atomic E-state index is 0.474. The van der Waals surface area contributed by atoms with Crippen LogP contribution in [0.5, 0.6) is 0 Å². The van der Waals surface area contributed by atoms with Gasteiger partial charge < -0.3 is 24.1 Å². The van der Waals surface area contributed by atoms with E-state index in [0.29, 0.717) is 45.7 Å². The Morgan fingerprint density at radius 3 is 2.17 bits per heavy atom. The number of unbranched alkanes of at least 4 members (excludes halogenated alkanes) is 5. The molecule has 0 aliphatic carbocycles. The van der Waals surface area contributed by atoms with Crippen LogP contribution in [-0.2, 0) is 23.7 Å². The predicted octanol–water partition coefficient (Wildman–Crippen LogP) is 4.49. The first-order chi connectivity index (χ1) is 14.1. The summed E-state index contributed by atoms with van der Waals surface area (Å²) in [7, 11) is 0. The normalized spacial score (nSPS) is 34.8. The number of carboxylic acids is 1. The summed E-state index contributed by atoms with van der Waals surface area (Å²) in [5.41, 5.74) is -2.84. The van der Waals surface area contributed by atoms with Crippen LogP contribution in [0.25, 0.3) is 0 Å². The Balaban J connectivity index is 1.62. The van der Waals surface area contributed by atoms with Crippen LogP contribution in [0.1, 0.15) is 90.4 Å². The topological polar surface area (TPSA) is 74.2 Å². The maximum Gasteiger partial charge on any atom is 0.339 e. The molecular formula is C23H40O6. The highest BCUT2D eigenvalue weighted by atomic mass is 16.6. The highest BCUT2D eigenvalue weighted by Crippen LogP contribution is 2.56. The van der Waals surface area contributed by atoms with Crippen LogP contribution in [0.15, 0.2) is 0 Å². The Bertz CT molecular complexity index is 501. The van der Waals surface area contributed by atoms with Gasteiger partial charge in [-0.05, 0) is 44.9 Å². The van der Waals surface area contributed by atoms with Crippen molar-refractivity contribution in [3.05, 3.63) is 0 Å². The van der Waals surface area contributed by atoms with Crippen LogP contribution < -0.4 is 0 Å². The molecule has 0 spiro atoms. The zero-order chi connectivity index (χ0) is 20.6. The van der Waals surface area contributed by atoms with E-state index in [1.165, 1.54) is 32.1 Å². The van der Waals surface area contributed by atoms with Crippen molar-refractivity contribution in [3.8, 4) is 0 Å². The molecule has 0 radical (unpaired) electrons. The van der Waals surface area contributed by atoms with Gasteiger partial charge in [0.1, 0.15) is 11.2 Å². The SMILES string of the molecule is CCCCCCCCOCC[C@@]1([C@@]2([C@@]3(C(=O)O)CCCO3)CCCO2)CCCO1. The zero-order valence-electron chi connectivity index (χ0n) is 18.2. The van der Waals surface area contributed by atoms with Crippen molar-refractivity contribution in [1.29, 1.82) is 0 Å². The van der Waals surface area contributed by atoms with E-state index in [2.05, 4.69) is 6.92 Å². The van der Waals surface area contributed by atoms with Gasteiger partial charge in [-0.15, -0.1) is 0 Å². The van der Waals surface area contributed by atoms with Crippen molar-refractivity contribution >= 4 is 5.97 Å². The zero-order valence-corrected chi connectivity index (χ0v) is 18.2. The Morgan fingerprint density at radius 1 is 0.862 bits per heavy atom. The number of hydrogen-bond donors (Lipinski definition) is 1. The molecule has 6 nitrogen and oxygen atoms in total. The van der Waals surface area contributed by atoms with Gasteiger partial charge in [0, 0.05) is 39.5 Å². The number of hydrogen-bond acceptors (Lipinski definition) is 5. The highest BCUT2D eigenvalue weighted by molar-refractivity contribution is 5.80. The molecule has 3 rings (SSSR count). The molecule has 3 heterocycles. The third kappa shape index (κ3) is 4.51. The lowest BCUT2D eigenvalue weighted by molar-refractivity contribution is -0.260.